The fourth-order valence-corrected chi connectivity index (χ4v) is 9.33. The van der Waals surface area contributed by atoms with Crippen molar-refractivity contribution in [1.82, 2.24) is 4.57 Å². The van der Waals surface area contributed by atoms with E-state index >= 15 is 0 Å². The van der Waals surface area contributed by atoms with Gasteiger partial charge in [0.15, 0.2) is 0 Å². The van der Waals surface area contributed by atoms with Gasteiger partial charge in [-0.15, -0.1) is 0 Å². The van der Waals surface area contributed by atoms with Gasteiger partial charge in [-0.2, -0.15) is 0 Å². The molecule has 0 fully saturated rings. The van der Waals surface area contributed by atoms with E-state index in [-0.39, 0.29) is 6.04 Å². The fourth-order valence-electron chi connectivity index (χ4n) is 9.33. The Bertz CT molecular complexity index is 2060. The molecule has 1 aliphatic heterocycles. The van der Waals surface area contributed by atoms with E-state index in [0.717, 1.165) is 25.7 Å². The predicted octanol–water partition coefficient (Wildman–Crippen LogP) is 9.30. The third kappa shape index (κ3) is 4.95. The molecule has 47 heavy (non-hydrogen) atoms. The third-order valence-corrected chi connectivity index (χ3v) is 12.2. The summed E-state index contributed by atoms with van der Waals surface area (Å²) >= 11 is 0. The Morgan fingerprint density at radius 2 is 1.72 bits per heavy atom. The molecule has 0 radical (unpaired) electrons. The van der Waals surface area contributed by atoms with E-state index < -0.39 is 0 Å². The van der Waals surface area contributed by atoms with Gasteiger partial charge in [-0.25, -0.2) is 0 Å². The lowest BCUT2D eigenvalue weighted by Gasteiger charge is -2.33. The molecule has 2 heteroatoms. The largest absolute Gasteiger partial charge is 0.337 e. The number of aromatic nitrogens is 1. The lowest BCUT2D eigenvalue weighted by molar-refractivity contribution is 0.429. The molecule has 2 heterocycles. The Hall–Kier alpha value is -4.17. The summed E-state index contributed by atoms with van der Waals surface area (Å²) in [4.78, 5) is 5.25. The summed E-state index contributed by atoms with van der Waals surface area (Å²) in [6.45, 7) is 4.71. The zero-order valence-corrected chi connectivity index (χ0v) is 27.8. The van der Waals surface area contributed by atoms with Crippen LogP contribution >= 0.6 is 0 Å². The lowest BCUT2D eigenvalue weighted by Crippen LogP contribution is -2.42. The smallest absolute Gasteiger partial charge is 0.0758 e. The van der Waals surface area contributed by atoms with E-state index in [1.807, 2.05) is 0 Å². The van der Waals surface area contributed by atoms with Crippen molar-refractivity contribution < 1.29 is 0 Å². The van der Waals surface area contributed by atoms with E-state index in [1.165, 1.54) is 62.2 Å². The Kier molecular flexibility index (Phi) is 7.29. The van der Waals surface area contributed by atoms with Gasteiger partial charge < -0.3 is 4.57 Å². The van der Waals surface area contributed by atoms with Gasteiger partial charge in [-0.05, 0) is 90.2 Å². The zero-order chi connectivity index (χ0) is 31.5. The number of hydrogen-bond donors (Lipinski definition) is 0. The number of fused-ring (bicyclic) bond motifs is 5. The molecular weight excluding hydrogens is 569 g/mol. The minimum Gasteiger partial charge on any atom is -0.337 e. The maximum absolute atomic E-state index is 5.25. The third-order valence-electron chi connectivity index (χ3n) is 12.2. The average Bonchev–Trinajstić information content (AvgIpc) is 3.69. The van der Waals surface area contributed by atoms with Crippen molar-refractivity contribution in [3.8, 4) is 0 Å². The molecule has 2 aromatic rings. The lowest BCUT2D eigenvalue weighted by atomic mass is 9.73. The van der Waals surface area contributed by atoms with E-state index in [9.17, 15) is 0 Å². The first-order chi connectivity index (χ1) is 23.1. The number of aliphatic imine (C=N–C) groups is 1. The highest BCUT2D eigenvalue weighted by Crippen LogP contribution is 2.41. The van der Waals surface area contributed by atoms with Crippen molar-refractivity contribution in [3.05, 3.63) is 137 Å². The van der Waals surface area contributed by atoms with E-state index in [4.69, 9.17) is 4.99 Å². The second-order valence-electron chi connectivity index (χ2n) is 14.9. The topological polar surface area (TPSA) is 17.3 Å². The van der Waals surface area contributed by atoms with Crippen LogP contribution in [-0.4, -0.2) is 16.8 Å². The number of allylic oxidation sites excluding steroid dienone is 17. The number of rotatable bonds is 4. The molecule has 0 spiro atoms. The van der Waals surface area contributed by atoms with Crippen LogP contribution in [0.15, 0.2) is 125 Å². The van der Waals surface area contributed by atoms with Crippen LogP contribution in [0.5, 0.6) is 0 Å². The Labute approximate surface area is 279 Å². The highest BCUT2D eigenvalue weighted by atomic mass is 15.0. The van der Waals surface area contributed by atoms with Crippen molar-refractivity contribution in [2.75, 3.05) is 0 Å². The van der Waals surface area contributed by atoms with Crippen molar-refractivity contribution in [2.24, 2.45) is 40.5 Å². The van der Waals surface area contributed by atoms with Gasteiger partial charge in [-0.3, -0.25) is 4.99 Å². The Morgan fingerprint density at radius 3 is 2.64 bits per heavy atom. The molecule has 1 aromatic carbocycles. The van der Waals surface area contributed by atoms with Crippen molar-refractivity contribution in [2.45, 2.75) is 64.5 Å². The van der Waals surface area contributed by atoms with Crippen LogP contribution in [0.3, 0.4) is 0 Å². The number of nitrogens with zero attached hydrogens (tertiary/aromatic N) is 2. The summed E-state index contributed by atoms with van der Waals surface area (Å²) in [5.74, 6) is 2.97. The van der Waals surface area contributed by atoms with Crippen LogP contribution in [-0.2, 0) is 0 Å². The molecule has 0 bridgehead atoms. The van der Waals surface area contributed by atoms with Gasteiger partial charge in [0.05, 0.1) is 6.04 Å². The van der Waals surface area contributed by atoms with Gasteiger partial charge in [-0.1, -0.05) is 123 Å². The van der Waals surface area contributed by atoms with Crippen molar-refractivity contribution in [1.29, 1.82) is 0 Å². The van der Waals surface area contributed by atoms with Crippen LogP contribution in [0.4, 0.5) is 0 Å². The van der Waals surface area contributed by atoms with E-state index in [1.54, 1.807) is 0 Å². The van der Waals surface area contributed by atoms with Crippen LogP contribution < -0.4 is 10.6 Å². The summed E-state index contributed by atoms with van der Waals surface area (Å²) < 4.78 is 2.76. The summed E-state index contributed by atoms with van der Waals surface area (Å²) in [5.41, 5.74) is 8.39. The minimum atomic E-state index is 0.174. The Balaban J connectivity index is 1.20. The zero-order valence-electron chi connectivity index (χ0n) is 27.8. The summed E-state index contributed by atoms with van der Waals surface area (Å²) in [6, 6.07) is 8.03. The standard InChI is InChI=1S/C45H46N2/c1-29-19-21-31(22-20-30(29)2)34-25-42(46-28-34)41-27-44-45(39-17-9-8-16-38(39)41)40-24-23-33(26-43(40)47(44)35-13-4-3-5-14-35)37-18-10-12-32-11-6-7-15-36(32)37/h3-4,6-7,9-12,15,17-19,21-30,32,35-36,38,41-42H,5,8,13-14,16,20H2,1-2H3. The molecule has 6 aliphatic carbocycles. The number of benzene rings is 1. The minimum absolute atomic E-state index is 0.174. The second-order valence-corrected chi connectivity index (χ2v) is 14.9. The van der Waals surface area contributed by atoms with Crippen LogP contribution in [0.2, 0.25) is 0 Å². The van der Waals surface area contributed by atoms with Crippen molar-refractivity contribution in [3.63, 3.8) is 0 Å². The molecule has 0 saturated heterocycles. The fraction of sp³-hybridized carbons (Fsp3) is 0.356. The maximum Gasteiger partial charge on any atom is 0.0758 e. The van der Waals surface area contributed by atoms with Crippen LogP contribution in [0.25, 0.3) is 28.1 Å². The molecule has 236 valence electrons. The first-order valence-electron chi connectivity index (χ1n) is 18.2. The molecule has 2 nitrogen and oxygen atoms in total. The Morgan fingerprint density at radius 1 is 0.830 bits per heavy atom. The second kappa shape index (κ2) is 11.8. The predicted molar refractivity (Wildman–Crippen MR) is 199 cm³/mol. The van der Waals surface area contributed by atoms with Gasteiger partial charge in [0.2, 0.25) is 0 Å². The molecular formula is C45H46N2. The number of hydrogen-bond acceptors (Lipinski definition) is 1. The molecule has 8 unspecified atom stereocenters. The highest BCUT2D eigenvalue weighted by Gasteiger charge is 2.36. The molecule has 0 N–H and O–H groups in total. The summed E-state index contributed by atoms with van der Waals surface area (Å²) in [6.07, 6.45) is 47.2. The average molecular weight is 615 g/mol. The van der Waals surface area contributed by atoms with Crippen molar-refractivity contribution >= 4 is 34.3 Å². The van der Waals surface area contributed by atoms with Gasteiger partial charge in [0, 0.05) is 51.5 Å². The van der Waals surface area contributed by atoms with Gasteiger partial charge in [0.1, 0.15) is 0 Å². The van der Waals surface area contributed by atoms with Crippen LogP contribution in [0.1, 0.15) is 64.0 Å². The molecule has 0 amide bonds. The maximum atomic E-state index is 5.25. The van der Waals surface area contributed by atoms with Gasteiger partial charge >= 0.3 is 0 Å². The van der Waals surface area contributed by atoms with E-state index in [2.05, 4.69) is 140 Å². The summed E-state index contributed by atoms with van der Waals surface area (Å²) in [7, 11) is 0. The monoisotopic (exact) mass is 614 g/mol. The molecule has 9 rings (SSSR count). The molecule has 7 aliphatic rings. The first-order valence-corrected chi connectivity index (χ1v) is 18.2. The first kappa shape index (κ1) is 29.0. The molecule has 8 atom stereocenters. The molecule has 0 saturated carbocycles. The highest BCUT2D eigenvalue weighted by molar-refractivity contribution is 5.91. The van der Waals surface area contributed by atoms with Crippen LogP contribution in [0, 0.1) is 35.5 Å². The molecule has 1 aromatic heterocycles. The normalized spacial score (nSPS) is 33.6. The summed E-state index contributed by atoms with van der Waals surface area (Å²) in [5, 5.41) is 4.34. The van der Waals surface area contributed by atoms with Gasteiger partial charge in [0.25, 0.3) is 0 Å². The SMILES string of the molecule is CC1C=CC(C2=CC(C3C=c4c(c5ccc(C6=CC=CC7C=CC=CC67)cc5n4C4CC=CCC4)=C4C=CCCC43)N=C2)=CCC1C. The quantitative estimate of drug-likeness (QED) is 0.306. The van der Waals surface area contributed by atoms with E-state index in [0.29, 0.717) is 41.5 Å².